The largest absolute Gasteiger partial charge is 0.477 e. The van der Waals surface area contributed by atoms with Crippen LogP contribution in [0.5, 0.6) is 0 Å². The van der Waals surface area contributed by atoms with Crippen molar-refractivity contribution < 1.29 is 9.90 Å². The molecule has 4 fully saturated rings. The molecule has 1 heterocycles. The van der Waals surface area contributed by atoms with Crippen molar-refractivity contribution in [3.05, 3.63) is 24.0 Å². The second-order valence-electron chi connectivity index (χ2n) is 7.28. The van der Waals surface area contributed by atoms with Crippen LogP contribution < -0.4 is 0 Å². The van der Waals surface area contributed by atoms with Gasteiger partial charge >= 0.3 is 5.97 Å². The molecule has 4 bridgehead atoms. The minimum Gasteiger partial charge on any atom is -0.477 e. The summed E-state index contributed by atoms with van der Waals surface area (Å²) < 4.78 is 1.92. The summed E-state index contributed by atoms with van der Waals surface area (Å²) in [5.41, 5.74) is 0.439. The summed E-state index contributed by atoms with van der Waals surface area (Å²) in [6, 6.07) is 3.56. The Balaban J connectivity index is 1.45. The zero-order chi connectivity index (χ0) is 13.7. The first-order valence-corrected chi connectivity index (χ1v) is 8.09. The lowest BCUT2D eigenvalue weighted by atomic mass is 9.51. The standard InChI is InChI=1S/C17H23NO2/c19-17(20)16-2-1-4-18(16)5-3-15-13-7-11-6-12(9-13)10-14(15)8-11/h1-2,4,11-15H,3,5-10H2,(H,19,20). The van der Waals surface area contributed by atoms with Gasteiger partial charge in [0.25, 0.3) is 0 Å². The van der Waals surface area contributed by atoms with Crippen molar-refractivity contribution in [2.45, 2.75) is 45.1 Å². The number of hydrogen-bond acceptors (Lipinski definition) is 1. The van der Waals surface area contributed by atoms with Crippen LogP contribution in [0.3, 0.4) is 0 Å². The molecule has 0 amide bonds. The van der Waals surface area contributed by atoms with Crippen molar-refractivity contribution in [1.29, 1.82) is 0 Å². The van der Waals surface area contributed by atoms with E-state index in [2.05, 4.69) is 0 Å². The van der Waals surface area contributed by atoms with Gasteiger partial charge in [0, 0.05) is 12.7 Å². The van der Waals surface area contributed by atoms with Crippen molar-refractivity contribution in [2.24, 2.45) is 29.6 Å². The molecule has 4 aliphatic rings. The van der Waals surface area contributed by atoms with E-state index in [0.29, 0.717) is 5.69 Å². The van der Waals surface area contributed by atoms with Crippen LogP contribution >= 0.6 is 0 Å². The van der Waals surface area contributed by atoms with Crippen LogP contribution in [0.15, 0.2) is 18.3 Å². The second kappa shape index (κ2) is 4.64. The normalized spacial score (nSPS) is 38.3. The molecule has 1 aromatic rings. The molecule has 0 atom stereocenters. The van der Waals surface area contributed by atoms with Gasteiger partial charge in [-0.3, -0.25) is 0 Å². The van der Waals surface area contributed by atoms with Gasteiger partial charge in [0.1, 0.15) is 5.69 Å². The Bertz CT molecular complexity index is 491. The number of carbonyl (C=O) groups is 1. The third-order valence-corrected chi connectivity index (χ3v) is 6.17. The maximum absolute atomic E-state index is 11.2. The third-order valence-electron chi connectivity index (χ3n) is 6.17. The number of aryl methyl sites for hydroxylation is 1. The summed E-state index contributed by atoms with van der Waals surface area (Å²) in [5.74, 6) is 3.97. The Morgan fingerprint density at radius 3 is 2.40 bits per heavy atom. The first-order valence-electron chi connectivity index (χ1n) is 8.09. The van der Waals surface area contributed by atoms with Crippen molar-refractivity contribution in [2.75, 3.05) is 0 Å². The van der Waals surface area contributed by atoms with E-state index in [9.17, 15) is 9.90 Å². The van der Waals surface area contributed by atoms with Crippen LogP contribution in [-0.2, 0) is 6.54 Å². The van der Waals surface area contributed by atoms with Crippen LogP contribution in [0, 0.1) is 29.6 Å². The van der Waals surface area contributed by atoms with Gasteiger partial charge in [-0.25, -0.2) is 4.79 Å². The fourth-order valence-corrected chi connectivity index (χ4v) is 5.60. The molecule has 20 heavy (non-hydrogen) atoms. The Hall–Kier alpha value is -1.25. The Labute approximate surface area is 120 Å². The predicted molar refractivity (Wildman–Crippen MR) is 76.5 cm³/mol. The van der Waals surface area contributed by atoms with Gasteiger partial charge in [-0.2, -0.15) is 0 Å². The first-order chi connectivity index (χ1) is 9.70. The highest BCUT2D eigenvalue weighted by Crippen LogP contribution is 2.57. The molecule has 4 aliphatic carbocycles. The molecule has 0 radical (unpaired) electrons. The van der Waals surface area contributed by atoms with E-state index < -0.39 is 5.97 Å². The molecule has 0 aromatic carbocycles. The van der Waals surface area contributed by atoms with E-state index >= 15 is 0 Å². The minimum atomic E-state index is -0.805. The molecule has 0 spiro atoms. The number of aromatic nitrogens is 1. The third kappa shape index (κ3) is 1.99. The molecule has 1 N–H and O–H groups in total. The van der Waals surface area contributed by atoms with Crippen molar-refractivity contribution in [1.82, 2.24) is 4.57 Å². The van der Waals surface area contributed by atoms with Gasteiger partial charge in [0.15, 0.2) is 0 Å². The highest BCUT2D eigenvalue weighted by atomic mass is 16.4. The van der Waals surface area contributed by atoms with Crippen LogP contribution in [-0.4, -0.2) is 15.6 Å². The van der Waals surface area contributed by atoms with Crippen molar-refractivity contribution >= 4 is 5.97 Å². The molecular weight excluding hydrogens is 250 g/mol. The molecule has 5 rings (SSSR count). The monoisotopic (exact) mass is 273 g/mol. The van der Waals surface area contributed by atoms with E-state index in [1.165, 1.54) is 38.5 Å². The van der Waals surface area contributed by atoms with Crippen LogP contribution in [0.4, 0.5) is 0 Å². The van der Waals surface area contributed by atoms with E-state index in [1.807, 2.05) is 16.8 Å². The van der Waals surface area contributed by atoms with Gasteiger partial charge in [-0.1, -0.05) is 0 Å². The Morgan fingerprint density at radius 1 is 1.15 bits per heavy atom. The summed E-state index contributed by atoms with van der Waals surface area (Å²) >= 11 is 0. The molecule has 0 aliphatic heterocycles. The quantitative estimate of drug-likeness (QED) is 0.910. The Kier molecular flexibility index (Phi) is 2.90. The smallest absolute Gasteiger partial charge is 0.352 e. The summed E-state index contributed by atoms with van der Waals surface area (Å²) in [5, 5.41) is 9.17. The molecular formula is C17H23NO2. The Morgan fingerprint density at radius 2 is 1.80 bits per heavy atom. The van der Waals surface area contributed by atoms with Gasteiger partial charge in [-0.15, -0.1) is 0 Å². The number of aromatic carboxylic acids is 1. The predicted octanol–water partition coefficient (Wildman–Crippen LogP) is 3.65. The number of hydrogen-bond donors (Lipinski definition) is 1. The highest BCUT2D eigenvalue weighted by Gasteiger charge is 2.47. The zero-order valence-electron chi connectivity index (χ0n) is 11.9. The van der Waals surface area contributed by atoms with Gasteiger partial charge in [-0.05, 0) is 80.2 Å². The molecule has 0 unspecified atom stereocenters. The topological polar surface area (TPSA) is 42.2 Å². The number of nitrogens with zero attached hydrogens (tertiary/aromatic N) is 1. The van der Waals surface area contributed by atoms with Crippen LogP contribution in [0.25, 0.3) is 0 Å². The maximum Gasteiger partial charge on any atom is 0.352 e. The summed E-state index contributed by atoms with van der Waals surface area (Å²) in [4.78, 5) is 11.2. The maximum atomic E-state index is 11.2. The van der Waals surface area contributed by atoms with Gasteiger partial charge in [0.05, 0.1) is 0 Å². The van der Waals surface area contributed by atoms with Crippen molar-refractivity contribution in [3.8, 4) is 0 Å². The SMILES string of the molecule is O=C(O)c1cccn1CCC1C2CC3CC(C2)CC1C3. The molecule has 1 aromatic heterocycles. The fraction of sp³-hybridized carbons (Fsp3) is 0.706. The van der Waals surface area contributed by atoms with Gasteiger partial charge < -0.3 is 9.67 Å². The van der Waals surface area contributed by atoms with Crippen LogP contribution in [0.2, 0.25) is 0 Å². The second-order valence-corrected chi connectivity index (χ2v) is 7.28. The fourth-order valence-electron chi connectivity index (χ4n) is 5.60. The highest BCUT2D eigenvalue weighted by molar-refractivity contribution is 5.85. The minimum absolute atomic E-state index is 0.439. The summed E-state index contributed by atoms with van der Waals surface area (Å²) in [6.07, 6.45) is 10.4. The molecule has 3 heteroatoms. The zero-order valence-corrected chi connectivity index (χ0v) is 11.9. The molecule has 3 nitrogen and oxygen atoms in total. The average molecular weight is 273 g/mol. The lowest BCUT2D eigenvalue weighted by Crippen LogP contribution is -2.45. The lowest BCUT2D eigenvalue weighted by Gasteiger charge is -2.54. The summed E-state index contributed by atoms with van der Waals surface area (Å²) in [7, 11) is 0. The average Bonchev–Trinajstić information content (AvgIpc) is 2.85. The first kappa shape index (κ1) is 12.5. The summed E-state index contributed by atoms with van der Waals surface area (Å²) in [6.45, 7) is 0.877. The van der Waals surface area contributed by atoms with Gasteiger partial charge in [0.2, 0.25) is 0 Å². The van der Waals surface area contributed by atoms with E-state index in [0.717, 1.165) is 36.1 Å². The molecule has 0 saturated heterocycles. The van der Waals surface area contributed by atoms with Crippen LogP contribution in [0.1, 0.15) is 49.0 Å². The number of rotatable bonds is 4. The number of carboxylic acids is 1. The molecule has 4 saturated carbocycles. The van der Waals surface area contributed by atoms with E-state index in [4.69, 9.17) is 0 Å². The lowest BCUT2D eigenvalue weighted by molar-refractivity contribution is -0.0411. The number of carboxylic acid groups (broad SMARTS) is 1. The van der Waals surface area contributed by atoms with E-state index in [1.54, 1.807) is 6.07 Å². The molecule has 108 valence electrons. The van der Waals surface area contributed by atoms with E-state index in [-0.39, 0.29) is 0 Å². The van der Waals surface area contributed by atoms with Crippen molar-refractivity contribution in [3.63, 3.8) is 0 Å².